The van der Waals surface area contributed by atoms with Crippen LogP contribution in [0.15, 0.2) is 48.5 Å². The molecule has 2 aromatic rings. The van der Waals surface area contributed by atoms with Gasteiger partial charge in [0.25, 0.3) is 0 Å². The normalized spacial score (nSPS) is 9.80. The van der Waals surface area contributed by atoms with Crippen LogP contribution in [-0.4, -0.2) is 5.91 Å². The highest BCUT2D eigenvalue weighted by molar-refractivity contribution is 6.31. The van der Waals surface area contributed by atoms with Gasteiger partial charge in [-0.25, -0.2) is 0 Å². The van der Waals surface area contributed by atoms with E-state index >= 15 is 0 Å². The van der Waals surface area contributed by atoms with Crippen molar-refractivity contribution in [3.8, 4) is 6.07 Å². The summed E-state index contributed by atoms with van der Waals surface area (Å²) in [5.74, 6) is -0.0744. The molecule has 0 heterocycles. The first-order valence-corrected chi connectivity index (χ1v) is 6.60. The summed E-state index contributed by atoms with van der Waals surface area (Å²) in [5, 5.41) is 12.2. The number of aryl methyl sites for hydroxylation is 1. The van der Waals surface area contributed by atoms with Crippen LogP contribution < -0.4 is 5.32 Å². The van der Waals surface area contributed by atoms with Crippen molar-refractivity contribution >= 4 is 23.2 Å². The quantitative estimate of drug-likeness (QED) is 0.929. The third-order valence-corrected chi connectivity index (χ3v) is 3.25. The maximum Gasteiger partial charge on any atom is 0.224 e. The lowest BCUT2D eigenvalue weighted by Gasteiger charge is -2.06. The van der Waals surface area contributed by atoms with E-state index in [2.05, 4.69) is 5.32 Å². The number of amides is 1. The van der Waals surface area contributed by atoms with Crippen LogP contribution >= 0.6 is 11.6 Å². The number of benzene rings is 2. The second-order valence-corrected chi connectivity index (χ2v) is 4.74. The van der Waals surface area contributed by atoms with Gasteiger partial charge in [-0.2, -0.15) is 5.26 Å². The number of nitrogens with zero attached hydrogens (tertiary/aromatic N) is 1. The van der Waals surface area contributed by atoms with Gasteiger partial charge in [0, 0.05) is 17.1 Å². The molecule has 0 spiro atoms. The molecule has 4 heteroatoms. The second-order valence-electron chi connectivity index (χ2n) is 4.33. The maximum absolute atomic E-state index is 11.8. The van der Waals surface area contributed by atoms with Gasteiger partial charge in [-0.1, -0.05) is 29.8 Å². The minimum Gasteiger partial charge on any atom is -0.326 e. The van der Waals surface area contributed by atoms with Gasteiger partial charge >= 0.3 is 0 Å². The highest BCUT2D eigenvalue weighted by atomic mass is 35.5. The lowest BCUT2D eigenvalue weighted by molar-refractivity contribution is -0.116. The Morgan fingerprint density at radius 3 is 2.50 bits per heavy atom. The Hall–Kier alpha value is -2.31. The minimum atomic E-state index is -0.0744. The van der Waals surface area contributed by atoms with E-state index in [-0.39, 0.29) is 5.91 Å². The summed E-state index contributed by atoms with van der Waals surface area (Å²) < 4.78 is 0. The molecule has 0 saturated carbocycles. The highest BCUT2D eigenvalue weighted by Crippen LogP contribution is 2.17. The van der Waals surface area contributed by atoms with Gasteiger partial charge < -0.3 is 5.32 Å². The summed E-state index contributed by atoms with van der Waals surface area (Å²) in [5.41, 5.74) is 2.22. The number of carbonyl (C=O) groups excluding carboxylic acids is 1. The highest BCUT2D eigenvalue weighted by Gasteiger charge is 2.05. The molecule has 3 nitrogen and oxygen atoms in total. The Morgan fingerprint density at radius 1 is 1.15 bits per heavy atom. The van der Waals surface area contributed by atoms with Crippen LogP contribution in [0.3, 0.4) is 0 Å². The number of nitrogens with one attached hydrogen (secondary N) is 1. The molecule has 2 aromatic carbocycles. The van der Waals surface area contributed by atoms with Gasteiger partial charge in [-0.3, -0.25) is 4.79 Å². The number of anilines is 1. The second kappa shape index (κ2) is 6.74. The van der Waals surface area contributed by atoms with Gasteiger partial charge in [0.1, 0.15) is 0 Å². The van der Waals surface area contributed by atoms with Crippen molar-refractivity contribution in [1.29, 1.82) is 5.26 Å². The lowest BCUT2D eigenvalue weighted by atomic mass is 10.1. The van der Waals surface area contributed by atoms with E-state index in [1.54, 1.807) is 24.3 Å². The van der Waals surface area contributed by atoms with Crippen molar-refractivity contribution in [3.63, 3.8) is 0 Å². The number of carbonyl (C=O) groups is 1. The molecule has 20 heavy (non-hydrogen) atoms. The molecule has 1 N–H and O–H groups in total. The molecule has 0 aliphatic carbocycles. The monoisotopic (exact) mass is 284 g/mol. The molecule has 0 radical (unpaired) electrons. The van der Waals surface area contributed by atoms with Gasteiger partial charge in [-0.05, 0) is 42.3 Å². The molecule has 0 atom stereocenters. The fourth-order valence-electron chi connectivity index (χ4n) is 1.80. The predicted octanol–water partition coefficient (Wildman–Crippen LogP) is 3.78. The average molecular weight is 285 g/mol. The predicted molar refractivity (Wildman–Crippen MR) is 79.6 cm³/mol. The number of rotatable bonds is 4. The van der Waals surface area contributed by atoms with Crippen molar-refractivity contribution in [2.45, 2.75) is 12.8 Å². The molecule has 0 aromatic heterocycles. The molecular formula is C16H13ClN2O. The van der Waals surface area contributed by atoms with Crippen LogP contribution in [0.25, 0.3) is 0 Å². The molecule has 0 aliphatic heterocycles. The summed E-state index contributed by atoms with van der Waals surface area (Å²) in [6.45, 7) is 0. The van der Waals surface area contributed by atoms with E-state index in [4.69, 9.17) is 16.9 Å². The van der Waals surface area contributed by atoms with Crippen LogP contribution in [0.1, 0.15) is 17.5 Å². The Kier molecular flexibility index (Phi) is 4.75. The first kappa shape index (κ1) is 14.1. The summed E-state index contributed by atoms with van der Waals surface area (Å²) in [7, 11) is 0. The molecule has 100 valence electrons. The lowest BCUT2D eigenvalue weighted by Crippen LogP contribution is -2.12. The first-order chi connectivity index (χ1) is 9.69. The molecule has 0 fully saturated rings. The van der Waals surface area contributed by atoms with Gasteiger partial charge in [0.05, 0.1) is 11.6 Å². The molecular weight excluding hydrogens is 272 g/mol. The third-order valence-electron chi connectivity index (χ3n) is 2.88. The van der Waals surface area contributed by atoms with E-state index in [1.807, 2.05) is 30.3 Å². The van der Waals surface area contributed by atoms with Crippen molar-refractivity contribution < 1.29 is 4.79 Å². The van der Waals surface area contributed by atoms with Gasteiger partial charge in [-0.15, -0.1) is 0 Å². The topological polar surface area (TPSA) is 52.9 Å². The van der Waals surface area contributed by atoms with E-state index in [0.29, 0.717) is 29.1 Å². The van der Waals surface area contributed by atoms with Crippen LogP contribution in [0.4, 0.5) is 5.69 Å². The molecule has 2 rings (SSSR count). The van der Waals surface area contributed by atoms with E-state index in [9.17, 15) is 4.79 Å². The molecule has 1 amide bonds. The van der Waals surface area contributed by atoms with Gasteiger partial charge in [0.2, 0.25) is 5.91 Å². The van der Waals surface area contributed by atoms with Crippen molar-refractivity contribution in [2.75, 3.05) is 5.32 Å². The summed E-state index contributed by atoms with van der Waals surface area (Å²) in [6.07, 6.45) is 0.964. The Morgan fingerprint density at radius 2 is 1.85 bits per heavy atom. The first-order valence-electron chi connectivity index (χ1n) is 6.22. The molecule has 0 bridgehead atoms. The van der Waals surface area contributed by atoms with Crippen LogP contribution in [0, 0.1) is 11.3 Å². The SMILES string of the molecule is N#Cc1ccc(NC(=O)CCc2ccccc2Cl)cc1. The standard InChI is InChI=1S/C16H13ClN2O/c17-15-4-2-1-3-13(15)7-10-16(20)19-14-8-5-12(11-18)6-9-14/h1-6,8-9H,7,10H2,(H,19,20). The number of nitriles is 1. The maximum atomic E-state index is 11.8. The third kappa shape index (κ3) is 3.84. The van der Waals surface area contributed by atoms with Crippen molar-refractivity contribution in [1.82, 2.24) is 0 Å². The van der Waals surface area contributed by atoms with Crippen LogP contribution in [0.2, 0.25) is 5.02 Å². The Balaban J connectivity index is 1.89. The van der Waals surface area contributed by atoms with Crippen molar-refractivity contribution in [3.05, 3.63) is 64.7 Å². The zero-order valence-electron chi connectivity index (χ0n) is 10.8. The fraction of sp³-hybridized carbons (Fsp3) is 0.125. The number of halogens is 1. The number of hydrogen-bond acceptors (Lipinski definition) is 2. The molecule has 0 aliphatic rings. The van der Waals surface area contributed by atoms with Crippen LogP contribution in [-0.2, 0) is 11.2 Å². The van der Waals surface area contributed by atoms with E-state index in [0.717, 1.165) is 5.56 Å². The van der Waals surface area contributed by atoms with Gasteiger partial charge in [0.15, 0.2) is 0 Å². The van der Waals surface area contributed by atoms with Crippen LogP contribution in [0.5, 0.6) is 0 Å². The van der Waals surface area contributed by atoms with Crippen molar-refractivity contribution in [2.24, 2.45) is 0 Å². The zero-order chi connectivity index (χ0) is 14.4. The largest absolute Gasteiger partial charge is 0.326 e. The number of hydrogen-bond donors (Lipinski definition) is 1. The Labute approximate surface area is 122 Å². The zero-order valence-corrected chi connectivity index (χ0v) is 11.5. The fourth-order valence-corrected chi connectivity index (χ4v) is 2.03. The molecule has 0 unspecified atom stereocenters. The molecule has 0 saturated heterocycles. The van der Waals surface area contributed by atoms with E-state index < -0.39 is 0 Å². The average Bonchev–Trinajstić information content (AvgIpc) is 2.47. The summed E-state index contributed by atoms with van der Waals surface area (Å²) in [4.78, 5) is 11.8. The summed E-state index contributed by atoms with van der Waals surface area (Å²) in [6, 6.07) is 16.3. The smallest absolute Gasteiger partial charge is 0.224 e. The Bertz CT molecular complexity index is 644. The summed E-state index contributed by atoms with van der Waals surface area (Å²) >= 11 is 6.04. The minimum absolute atomic E-state index is 0.0744. The van der Waals surface area contributed by atoms with E-state index in [1.165, 1.54) is 0 Å².